The summed E-state index contributed by atoms with van der Waals surface area (Å²) < 4.78 is 4.94. The number of carbonyl (C=O) groups is 1. The molecule has 2 rings (SSSR count). The molecule has 4 nitrogen and oxygen atoms in total. The first-order valence-electron chi connectivity index (χ1n) is 4.25. The standard InChI is InChI=1S/C10H5ClN2O2S/c11-8-2-1-7(15-8)9(14)13-10-6(5-12)3-4-16-10/h1-4H,(H,13,14). The Balaban J connectivity index is 2.17. The number of rotatable bonds is 2. The fourth-order valence-electron chi connectivity index (χ4n) is 1.10. The Morgan fingerprint density at radius 1 is 1.50 bits per heavy atom. The van der Waals surface area contributed by atoms with Gasteiger partial charge in [-0.2, -0.15) is 5.26 Å². The van der Waals surface area contributed by atoms with Gasteiger partial charge in [0.05, 0.1) is 5.56 Å². The zero-order chi connectivity index (χ0) is 11.5. The zero-order valence-electron chi connectivity index (χ0n) is 7.86. The van der Waals surface area contributed by atoms with Crippen LogP contribution >= 0.6 is 22.9 Å². The van der Waals surface area contributed by atoms with E-state index in [0.29, 0.717) is 10.6 Å². The van der Waals surface area contributed by atoms with Crippen LogP contribution in [0, 0.1) is 11.3 Å². The van der Waals surface area contributed by atoms with Crippen molar-refractivity contribution in [3.8, 4) is 6.07 Å². The highest BCUT2D eigenvalue weighted by molar-refractivity contribution is 7.14. The molecule has 0 bridgehead atoms. The van der Waals surface area contributed by atoms with Gasteiger partial charge in [0, 0.05) is 0 Å². The van der Waals surface area contributed by atoms with Crippen LogP contribution in [0.4, 0.5) is 5.00 Å². The van der Waals surface area contributed by atoms with Gasteiger partial charge in [-0.3, -0.25) is 4.79 Å². The quantitative estimate of drug-likeness (QED) is 0.893. The maximum Gasteiger partial charge on any atom is 0.292 e. The van der Waals surface area contributed by atoms with Crippen molar-refractivity contribution in [2.45, 2.75) is 0 Å². The molecule has 0 atom stereocenters. The summed E-state index contributed by atoms with van der Waals surface area (Å²) in [5.74, 6) is -0.312. The third kappa shape index (κ3) is 2.08. The highest BCUT2D eigenvalue weighted by Crippen LogP contribution is 2.23. The van der Waals surface area contributed by atoms with Gasteiger partial charge in [0.2, 0.25) is 0 Å². The average molecular weight is 253 g/mol. The molecule has 0 aliphatic rings. The van der Waals surface area contributed by atoms with Crippen LogP contribution in [-0.2, 0) is 0 Å². The Morgan fingerprint density at radius 2 is 2.31 bits per heavy atom. The molecule has 0 saturated heterocycles. The summed E-state index contributed by atoms with van der Waals surface area (Å²) >= 11 is 6.82. The second kappa shape index (κ2) is 4.39. The summed E-state index contributed by atoms with van der Waals surface area (Å²) in [5, 5.41) is 13.7. The predicted molar refractivity (Wildman–Crippen MR) is 60.7 cm³/mol. The number of halogens is 1. The van der Waals surface area contributed by atoms with Gasteiger partial charge in [-0.25, -0.2) is 0 Å². The number of anilines is 1. The summed E-state index contributed by atoms with van der Waals surface area (Å²) in [7, 11) is 0. The van der Waals surface area contributed by atoms with E-state index in [2.05, 4.69) is 5.32 Å². The maximum absolute atomic E-state index is 11.6. The smallest absolute Gasteiger partial charge is 0.292 e. The van der Waals surface area contributed by atoms with Crippen LogP contribution in [0.3, 0.4) is 0 Å². The molecule has 2 aromatic heterocycles. The molecule has 2 aromatic rings. The zero-order valence-corrected chi connectivity index (χ0v) is 9.43. The molecule has 0 aliphatic heterocycles. The van der Waals surface area contributed by atoms with Gasteiger partial charge in [-0.15, -0.1) is 11.3 Å². The lowest BCUT2D eigenvalue weighted by molar-refractivity contribution is 0.0997. The van der Waals surface area contributed by atoms with Crippen molar-refractivity contribution < 1.29 is 9.21 Å². The van der Waals surface area contributed by atoms with Gasteiger partial charge >= 0.3 is 0 Å². The van der Waals surface area contributed by atoms with E-state index < -0.39 is 5.91 Å². The summed E-state index contributed by atoms with van der Waals surface area (Å²) in [4.78, 5) is 11.6. The average Bonchev–Trinajstić information content (AvgIpc) is 2.86. The summed E-state index contributed by atoms with van der Waals surface area (Å²) in [6, 6.07) is 6.56. The van der Waals surface area contributed by atoms with E-state index in [1.165, 1.54) is 23.5 Å². The number of thiophene rings is 1. The Bertz CT molecular complexity index is 567. The second-order valence-electron chi connectivity index (χ2n) is 2.83. The molecule has 0 unspecified atom stereocenters. The molecule has 0 spiro atoms. The van der Waals surface area contributed by atoms with Gasteiger partial charge in [0.15, 0.2) is 11.0 Å². The van der Waals surface area contributed by atoms with E-state index in [4.69, 9.17) is 21.3 Å². The summed E-state index contributed by atoms with van der Waals surface area (Å²) in [6.45, 7) is 0. The SMILES string of the molecule is N#Cc1ccsc1NC(=O)c1ccc(Cl)o1. The van der Waals surface area contributed by atoms with E-state index in [1.807, 2.05) is 6.07 Å². The molecular formula is C10H5ClN2O2S. The van der Waals surface area contributed by atoms with E-state index >= 15 is 0 Å². The number of nitriles is 1. The van der Waals surface area contributed by atoms with E-state index in [-0.39, 0.29) is 11.0 Å². The molecule has 80 valence electrons. The van der Waals surface area contributed by atoms with Gasteiger partial charge < -0.3 is 9.73 Å². The second-order valence-corrected chi connectivity index (χ2v) is 4.12. The minimum Gasteiger partial charge on any atom is -0.440 e. The van der Waals surface area contributed by atoms with Crippen LogP contribution in [0.1, 0.15) is 16.1 Å². The number of carbonyl (C=O) groups excluding carboxylic acids is 1. The lowest BCUT2D eigenvalue weighted by Gasteiger charge is -1.99. The monoisotopic (exact) mass is 252 g/mol. The lowest BCUT2D eigenvalue weighted by Crippen LogP contribution is -2.10. The summed E-state index contributed by atoms with van der Waals surface area (Å²) in [6.07, 6.45) is 0. The maximum atomic E-state index is 11.6. The minimum absolute atomic E-state index is 0.113. The number of hydrogen-bond acceptors (Lipinski definition) is 4. The van der Waals surface area contributed by atoms with Gasteiger partial charge in [-0.05, 0) is 35.2 Å². The highest BCUT2D eigenvalue weighted by atomic mass is 35.5. The Hall–Kier alpha value is -1.77. The molecule has 16 heavy (non-hydrogen) atoms. The van der Waals surface area contributed by atoms with Crippen molar-refractivity contribution in [3.05, 3.63) is 40.1 Å². The molecule has 0 aromatic carbocycles. The van der Waals surface area contributed by atoms with Gasteiger partial charge in [0.1, 0.15) is 11.1 Å². The number of nitrogens with zero attached hydrogens (tertiary/aromatic N) is 1. The van der Waals surface area contributed by atoms with Crippen LogP contribution in [0.5, 0.6) is 0 Å². The van der Waals surface area contributed by atoms with Crippen molar-refractivity contribution >= 4 is 33.8 Å². The number of furan rings is 1. The highest BCUT2D eigenvalue weighted by Gasteiger charge is 2.13. The molecule has 0 radical (unpaired) electrons. The van der Waals surface area contributed by atoms with E-state index in [1.54, 1.807) is 11.4 Å². The molecule has 0 aliphatic carbocycles. The lowest BCUT2D eigenvalue weighted by atomic mass is 10.3. The van der Waals surface area contributed by atoms with Gasteiger partial charge in [-0.1, -0.05) is 0 Å². The molecular weight excluding hydrogens is 248 g/mol. The topological polar surface area (TPSA) is 66.0 Å². The fraction of sp³-hybridized carbons (Fsp3) is 0. The Labute approximate surface area is 100 Å². The normalized spacial score (nSPS) is 9.75. The Kier molecular flexibility index (Phi) is 2.95. The van der Waals surface area contributed by atoms with Crippen LogP contribution in [-0.4, -0.2) is 5.91 Å². The fourth-order valence-corrected chi connectivity index (χ4v) is 1.97. The first-order valence-corrected chi connectivity index (χ1v) is 5.51. The molecule has 6 heteroatoms. The first kappa shape index (κ1) is 10.7. The minimum atomic E-state index is -0.425. The van der Waals surface area contributed by atoms with Crippen molar-refractivity contribution in [2.75, 3.05) is 5.32 Å². The molecule has 1 N–H and O–H groups in total. The van der Waals surface area contributed by atoms with Crippen molar-refractivity contribution in [1.82, 2.24) is 0 Å². The molecule has 1 amide bonds. The van der Waals surface area contributed by atoms with Crippen molar-refractivity contribution in [3.63, 3.8) is 0 Å². The van der Waals surface area contributed by atoms with E-state index in [9.17, 15) is 4.79 Å². The van der Waals surface area contributed by atoms with Crippen molar-refractivity contribution in [1.29, 1.82) is 5.26 Å². The first-order chi connectivity index (χ1) is 7.70. The largest absolute Gasteiger partial charge is 0.440 e. The number of nitrogens with one attached hydrogen (secondary N) is 1. The van der Waals surface area contributed by atoms with Crippen LogP contribution < -0.4 is 5.32 Å². The molecule has 0 saturated carbocycles. The van der Waals surface area contributed by atoms with Crippen LogP contribution in [0.15, 0.2) is 28.0 Å². The third-order valence-corrected chi connectivity index (χ3v) is 2.84. The van der Waals surface area contributed by atoms with E-state index in [0.717, 1.165) is 0 Å². The van der Waals surface area contributed by atoms with Crippen LogP contribution in [0.25, 0.3) is 0 Å². The Morgan fingerprint density at radius 3 is 2.94 bits per heavy atom. The third-order valence-electron chi connectivity index (χ3n) is 1.81. The number of amides is 1. The molecule has 2 heterocycles. The van der Waals surface area contributed by atoms with Crippen LogP contribution in [0.2, 0.25) is 5.22 Å². The van der Waals surface area contributed by atoms with Crippen molar-refractivity contribution in [2.24, 2.45) is 0 Å². The van der Waals surface area contributed by atoms with Gasteiger partial charge in [0.25, 0.3) is 5.91 Å². The number of hydrogen-bond donors (Lipinski definition) is 1. The summed E-state index contributed by atoms with van der Waals surface area (Å²) in [5.41, 5.74) is 0.427. The predicted octanol–water partition coefficient (Wildman–Crippen LogP) is 3.12. The molecule has 0 fully saturated rings.